The van der Waals surface area contributed by atoms with Gasteiger partial charge >= 0.3 is 0 Å². The van der Waals surface area contributed by atoms with Gasteiger partial charge < -0.3 is 4.74 Å². The second-order valence-corrected chi connectivity index (χ2v) is 4.62. The summed E-state index contributed by atoms with van der Waals surface area (Å²) in [4.78, 5) is 0. The van der Waals surface area contributed by atoms with E-state index in [4.69, 9.17) is 4.74 Å². The minimum Gasteiger partial charge on any atom is -0.496 e. The summed E-state index contributed by atoms with van der Waals surface area (Å²) in [6, 6.07) is 13.0. The van der Waals surface area contributed by atoms with Gasteiger partial charge in [-0.15, -0.1) is 0 Å². The summed E-state index contributed by atoms with van der Waals surface area (Å²) in [5, 5.41) is 0. The van der Waals surface area contributed by atoms with Gasteiger partial charge in [-0.05, 0) is 54.2 Å². The van der Waals surface area contributed by atoms with Gasteiger partial charge in [0, 0.05) is 0 Å². The van der Waals surface area contributed by atoms with Crippen molar-refractivity contribution in [3.63, 3.8) is 0 Å². The fraction of sp³-hybridized carbons (Fsp3) is 0.294. The molecule has 0 aliphatic carbocycles. The number of hydrogen-bond acceptors (Lipinski definition) is 1. The zero-order valence-corrected chi connectivity index (χ0v) is 11.6. The van der Waals surface area contributed by atoms with E-state index in [1.54, 1.807) is 7.11 Å². The highest BCUT2D eigenvalue weighted by Gasteiger charge is 2.08. The largest absolute Gasteiger partial charge is 0.496 e. The van der Waals surface area contributed by atoms with Crippen molar-refractivity contribution in [3.8, 4) is 16.9 Å². The van der Waals surface area contributed by atoms with E-state index < -0.39 is 0 Å². The van der Waals surface area contributed by atoms with Crippen LogP contribution in [0.2, 0.25) is 0 Å². The van der Waals surface area contributed by atoms with Crippen molar-refractivity contribution in [1.82, 2.24) is 0 Å². The first kappa shape index (κ1) is 12.7. The smallest absolute Gasteiger partial charge is 0.122 e. The van der Waals surface area contributed by atoms with Crippen LogP contribution in [0, 0.1) is 13.8 Å². The third-order valence-corrected chi connectivity index (χ3v) is 3.63. The molecule has 0 aliphatic rings. The molecule has 2 aromatic carbocycles. The molecule has 2 aromatic rings. The molecule has 0 saturated heterocycles. The molecule has 0 atom stereocenters. The van der Waals surface area contributed by atoms with Crippen molar-refractivity contribution in [2.24, 2.45) is 0 Å². The second-order valence-electron chi connectivity index (χ2n) is 4.62. The van der Waals surface area contributed by atoms with Crippen LogP contribution in [0.4, 0.5) is 0 Å². The van der Waals surface area contributed by atoms with Gasteiger partial charge in [0.05, 0.1) is 7.11 Å². The highest BCUT2D eigenvalue weighted by molar-refractivity contribution is 5.70. The topological polar surface area (TPSA) is 9.23 Å². The minimum atomic E-state index is 0.960. The standard InChI is InChI=1S/C17H20O/c1-5-14-6-8-15(9-7-14)16-10-11-17(18-4)13(3)12(16)2/h6-11H,5H2,1-4H3. The lowest BCUT2D eigenvalue weighted by atomic mass is 9.95. The molecule has 1 heteroatoms. The van der Waals surface area contributed by atoms with Crippen LogP contribution in [0.25, 0.3) is 11.1 Å². The van der Waals surface area contributed by atoms with E-state index in [9.17, 15) is 0 Å². The van der Waals surface area contributed by atoms with Gasteiger partial charge in [-0.25, -0.2) is 0 Å². The van der Waals surface area contributed by atoms with Crippen molar-refractivity contribution < 1.29 is 4.74 Å². The molecule has 0 aromatic heterocycles. The lowest BCUT2D eigenvalue weighted by Gasteiger charge is -2.13. The fourth-order valence-electron chi connectivity index (χ4n) is 2.25. The number of rotatable bonds is 3. The molecule has 0 spiro atoms. The maximum atomic E-state index is 5.35. The van der Waals surface area contributed by atoms with Crippen LogP contribution < -0.4 is 4.74 Å². The summed E-state index contributed by atoms with van der Waals surface area (Å²) in [6.45, 7) is 6.44. The predicted octanol–water partition coefficient (Wildman–Crippen LogP) is 4.54. The van der Waals surface area contributed by atoms with Crippen molar-refractivity contribution in [2.75, 3.05) is 7.11 Å². The molecule has 0 bridgehead atoms. The minimum absolute atomic E-state index is 0.960. The van der Waals surface area contributed by atoms with E-state index in [0.29, 0.717) is 0 Å². The van der Waals surface area contributed by atoms with Crippen LogP contribution in [0.1, 0.15) is 23.6 Å². The summed E-state index contributed by atoms with van der Waals surface area (Å²) in [7, 11) is 1.72. The first-order valence-corrected chi connectivity index (χ1v) is 6.41. The van der Waals surface area contributed by atoms with Crippen LogP contribution in [-0.4, -0.2) is 7.11 Å². The van der Waals surface area contributed by atoms with Crippen LogP contribution in [0.15, 0.2) is 36.4 Å². The quantitative estimate of drug-likeness (QED) is 0.765. The van der Waals surface area contributed by atoms with Gasteiger partial charge in [0.15, 0.2) is 0 Å². The molecule has 2 rings (SSSR count). The Morgan fingerprint density at radius 1 is 0.889 bits per heavy atom. The van der Waals surface area contributed by atoms with Crippen molar-refractivity contribution in [2.45, 2.75) is 27.2 Å². The molecule has 0 radical (unpaired) electrons. The van der Waals surface area contributed by atoms with E-state index in [0.717, 1.165) is 12.2 Å². The highest BCUT2D eigenvalue weighted by Crippen LogP contribution is 2.31. The monoisotopic (exact) mass is 240 g/mol. The first-order valence-electron chi connectivity index (χ1n) is 6.41. The van der Waals surface area contributed by atoms with E-state index >= 15 is 0 Å². The molecule has 0 aliphatic heterocycles. The summed E-state index contributed by atoms with van der Waals surface area (Å²) in [5.74, 6) is 0.960. The lowest BCUT2D eigenvalue weighted by Crippen LogP contribution is -1.93. The van der Waals surface area contributed by atoms with Crippen LogP contribution >= 0.6 is 0 Å². The summed E-state index contributed by atoms with van der Waals surface area (Å²) in [5.41, 5.74) is 6.45. The Balaban J connectivity index is 2.47. The Kier molecular flexibility index (Phi) is 3.71. The summed E-state index contributed by atoms with van der Waals surface area (Å²) >= 11 is 0. The molecule has 0 fully saturated rings. The Morgan fingerprint density at radius 3 is 2.11 bits per heavy atom. The number of benzene rings is 2. The Hall–Kier alpha value is -1.76. The molecule has 1 nitrogen and oxygen atoms in total. The van der Waals surface area contributed by atoms with Gasteiger partial charge in [0.25, 0.3) is 0 Å². The molecular weight excluding hydrogens is 220 g/mol. The average Bonchev–Trinajstić information content (AvgIpc) is 2.42. The molecule has 18 heavy (non-hydrogen) atoms. The SMILES string of the molecule is CCc1ccc(-c2ccc(OC)c(C)c2C)cc1. The summed E-state index contributed by atoms with van der Waals surface area (Å²) < 4.78 is 5.35. The fourth-order valence-corrected chi connectivity index (χ4v) is 2.25. The molecule has 94 valence electrons. The number of aryl methyl sites for hydroxylation is 1. The van der Waals surface area contributed by atoms with Gasteiger partial charge in [-0.2, -0.15) is 0 Å². The van der Waals surface area contributed by atoms with Crippen LogP contribution in [-0.2, 0) is 6.42 Å². The molecule has 0 saturated carbocycles. The Morgan fingerprint density at radius 2 is 1.56 bits per heavy atom. The normalized spacial score (nSPS) is 10.4. The van der Waals surface area contributed by atoms with Gasteiger partial charge in [0.2, 0.25) is 0 Å². The maximum Gasteiger partial charge on any atom is 0.122 e. The number of hydrogen-bond donors (Lipinski definition) is 0. The third-order valence-electron chi connectivity index (χ3n) is 3.63. The molecule has 0 N–H and O–H groups in total. The van der Waals surface area contributed by atoms with E-state index in [-0.39, 0.29) is 0 Å². The second kappa shape index (κ2) is 5.26. The highest BCUT2D eigenvalue weighted by atomic mass is 16.5. The maximum absolute atomic E-state index is 5.35. The first-order chi connectivity index (χ1) is 8.67. The van der Waals surface area contributed by atoms with Gasteiger partial charge in [-0.1, -0.05) is 37.3 Å². The van der Waals surface area contributed by atoms with E-state index in [1.807, 2.05) is 6.07 Å². The molecule has 0 amide bonds. The number of ether oxygens (including phenoxy) is 1. The average molecular weight is 240 g/mol. The zero-order valence-electron chi connectivity index (χ0n) is 11.6. The van der Waals surface area contributed by atoms with Crippen molar-refractivity contribution in [1.29, 1.82) is 0 Å². The van der Waals surface area contributed by atoms with Gasteiger partial charge in [-0.3, -0.25) is 0 Å². The van der Waals surface area contributed by atoms with E-state index in [1.165, 1.54) is 27.8 Å². The molecule has 0 heterocycles. The van der Waals surface area contributed by atoms with Crippen LogP contribution in [0.3, 0.4) is 0 Å². The summed E-state index contributed by atoms with van der Waals surface area (Å²) in [6.07, 6.45) is 1.08. The zero-order chi connectivity index (χ0) is 13.1. The van der Waals surface area contributed by atoms with E-state index in [2.05, 4.69) is 51.1 Å². The number of methoxy groups -OCH3 is 1. The van der Waals surface area contributed by atoms with Gasteiger partial charge in [0.1, 0.15) is 5.75 Å². The van der Waals surface area contributed by atoms with Crippen LogP contribution in [0.5, 0.6) is 5.75 Å². The lowest BCUT2D eigenvalue weighted by molar-refractivity contribution is 0.411. The molecular formula is C17H20O. The van der Waals surface area contributed by atoms with Crippen molar-refractivity contribution in [3.05, 3.63) is 53.1 Å². The third kappa shape index (κ3) is 2.26. The Labute approximate surface area is 109 Å². The van der Waals surface area contributed by atoms with Crippen molar-refractivity contribution >= 4 is 0 Å². The predicted molar refractivity (Wildman–Crippen MR) is 77.3 cm³/mol. The Bertz CT molecular complexity index is 538. The molecule has 0 unspecified atom stereocenters.